The predicted octanol–water partition coefficient (Wildman–Crippen LogP) is 0.736. The molecule has 1 fully saturated rings. The Morgan fingerprint density at radius 1 is 1.56 bits per heavy atom. The van der Waals surface area contributed by atoms with Crippen molar-refractivity contribution in [3.05, 3.63) is 0 Å². The van der Waals surface area contributed by atoms with Crippen molar-refractivity contribution < 1.29 is 14.6 Å². The van der Waals surface area contributed by atoms with E-state index in [4.69, 9.17) is 9.84 Å². The molecule has 0 spiro atoms. The van der Waals surface area contributed by atoms with Crippen LogP contribution in [-0.2, 0) is 9.53 Å². The van der Waals surface area contributed by atoms with Gasteiger partial charge in [-0.15, -0.1) is 11.8 Å². The molecule has 94 valence electrons. The molecule has 0 aliphatic carbocycles. The second-order valence-electron chi connectivity index (χ2n) is 4.41. The molecule has 1 rings (SSSR count). The van der Waals surface area contributed by atoms with E-state index in [9.17, 15) is 4.79 Å². The van der Waals surface area contributed by atoms with Crippen molar-refractivity contribution >= 4 is 17.7 Å². The minimum Gasteiger partial charge on any atom is -0.394 e. The van der Waals surface area contributed by atoms with E-state index in [1.54, 1.807) is 16.7 Å². The number of aliphatic hydroxyl groups excluding tert-OH is 1. The second kappa shape index (κ2) is 6.47. The van der Waals surface area contributed by atoms with Gasteiger partial charge in [0.1, 0.15) is 0 Å². The highest BCUT2D eigenvalue weighted by Crippen LogP contribution is 2.14. The number of ether oxygens (including phenoxy) is 1. The lowest BCUT2D eigenvalue weighted by Crippen LogP contribution is -2.50. The van der Waals surface area contributed by atoms with Crippen molar-refractivity contribution in [1.29, 1.82) is 0 Å². The van der Waals surface area contributed by atoms with Crippen LogP contribution >= 0.6 is 11.8 Å². The Labute approximate surface area is 101 Å². The zero-order valence-corrected chi connectivity index (χ0v) is 11.0. The molecule has 1 heterocycles. The summed E-state index contributed by atoms with van der Waals surface area (Å²) in [7, 11) is 0. The van der Waals surface area contributed by atoms with E-state index in [1.165, 1.54) is 0 Å². The topological polar surface area (TPSA) is 49.8 Å². The van der Waals surface area contributed by atoms with Gasteiger partial charge in [0, 0.05) is 13.1 Å². The first-order valence-electron chi connectivity index (χ1n) is 5.68. The molecule has 0 radical (unpaired) electrons. The average molecular weight is 247 g/mol. The number of carbonyl (C=O) groups is 1. The summed E-state index contributed by atoms with van der Waals surface area (Å²) in [6.45, 7) is 7.21. The number of carbonyl (C=O) groups excluding carboxylic acids is 1. The zero-order chi connectivity index (χ0) is 12.1. The lowest BCUT2D eigenvalue weighted by atomic mass is 10.2. The third kappa shape index (κ3) is 4.31. The van der Waals surface area contributed by atoms with Crippen LogP contribution in [0.1, 0.15) is 20.8 Å². The maximum atomic E-state index is 11.9. The molecule has 0 aromatic heterocycles. The fourth-order valence-electron chi connectivity index (χ4n) is 1.68. The Morgan fingerprint density at radius 2 is 2.25 bits per heavy atom. The van der Waals surface area contributed by atoms with Gasteiger partial charge < -0.3 is 14.7 Å². The van der Waals surface area contributed by atoms with Gasteiger partial charge in [0.25, 0.3) is 0 Å². The van der Waals surface area contributed by atoms with Crippen LogP contribution in [0.3, 0.4) is 0 Å². The van der Waals surface area contributed by atoms with Gasteiger partial charge >= 0.3 is 0 Å². The van der Waals surface area contributed by atoms with Gasteiger partial charge in [0.15, 0.2) is 0 Å². The molecule has 1 saturated heterocycles. The summed E-state index contributed by atoms with van der Waals surface area (Å²) in [6, 6.07) is 0. The van der Waals surface area contributed by atoms with E-state index in [0.717, 1.165) is 0 Å². The molecule has 16 heavy (non-hydrogen) atoms. The summed E-state index contributed by atoms with van der Waals surface area (Å²) in [5.74, 6) is 0.662. The van der Waals surface area contributed by atoms with Crippen molar-refractivity contribution in [2.24, 2.45) is 0 Å². The first kappa shape index (κ1) is 13.8. The van der Waals surface area contributed by atoms with Crippen LogP contribution in [0, 0.1) is 0 Å². The van der Waals surface area contributed by atoms with Crippen LogP contribution in [0.25, 0.3) is 0 Å². The maximum Gasteiger partial charge on any atom is 0.232 e. The number of morpholine rings is 1. The molecular formula is C11H21NO3S. The molecule has 1 aliphatic heterocycles. The second-order valence-corrected chi connectivity index (χ2v) is 5.97. The highest BCUT2D eigenvalue weighted by molar-refractivity contribution is 8.00. The number of nitrogens with zero attached hydrogens (tertiary/aromatic N) is 1. The highest BCUT2D eigenvalue weighted by atomic mass is 32.2. The third-order valence-electron chi connectivity index (χ3n) is 2.42. The summed E-state index contributed by atoms with van der Waals surface area (Å²) >= 11 is 1.65. The molecule has 0 aromatic rings. The number of hydrogen-bond acceptors (Lipinski definition) is 4. The van der Waals surface area contributed by atoms with Crippen LogP contribution in [0.2, 0.25) is 0 Å². The normalized spacial score (nSPS) is 26.2. The quantitative estimate of drug-likeness (QED) is 0.796. The smallest absolute Gasteiger partial charge is 0.232 e. The summed E-state index contributed by atoms with van der Waals surface area (Å²) < 4.78 is 5.49. The van der Waals surface area contributed by atoms with E-state index in [-0.39, 0.29) is 24.7 Å². The fraction of sp³-hybridized carbons (Fsp3) is 0.909. The number of amides is 1. The van der Waals surface area contributed by atoms with Gasteiger partial charge in [-0.05, 0) is 12.2 Å². The van der Waals surface area contributed by atoms with Crippen molar-refractivity contribution in [1.82, 2.24) is 4.90 Å². The first-order chi connectivity index (χ1) is 7.52. The number of aliphatic hydroxyl groups is 1. The Kier molecular flexibility index (Phi) is 5.58. The largest absolute Gasteiger partial charge is 0.394 e. The van der Waals surface area contributed by atoms with Crippen molar-refractivity contribution in [3.8, 4) is 0 Å². The standard InChI is InChI=1S/C11H21NO3S/c1-8(2)16-7-11(14)12-4-9(3)15-10(5-12)6-13/h8-10,13H,4-7H2,1-3H3. The number of rotatable bonds is 4. The van der Waals surface area contributed by atoms with Gasteiger partial charge in [-0.1, -0.05) is 13.8 Å². The van der Waals surface area contributed by atoms with Crippen LogP contribution in [0.15, 0.2) is 0 Å². The Balaban J connectivity index is 2.42. The van der Waals surface area contributed by atoms with E-state index in [1.807, 2.05) is 6.92 Å². The first-order valence-corrected chi connectivity index (χ1v) is 6.73. The maximum absolute atomic E-state index is 11.9. The Bertz CT molecular complexity index is 235. The molecule has 1 amide bonds. The van der Waals surface area contributed by atoms with E-state index in [2.05, 4.69) is 13.8 Å². The van der Waals surface area contributed by atoms with Crippen molar-refractivity contribution in [3.63, 3.8) is 0 Å². The molecule has 0 saturated carbocycles. The Morgan fingerprint density at radius 3 is 2.81 bits per heavy atom. The number of hydrogen-bond donors (Lipinski definition) is 1. The van der Waals surface area contributed by atoms with Gasteiger partial charge in [-0.25, -0.2) is 0 Å². The molecule has 0 aromatic carbocycles. The molecule has 0 bridgehead atoms. The zero-order valence-electron chi connectivity index (χ0n) is 10.2. The van der Waals surface area contributed by atoms with Crippen LogP contribution < -0.4 is 0 Å². The molecule has 2 atom stereocenters. The van der Waals surface area contributed by atoms with Crippen molar-refractivity contribution in [2.75, 3.05) is 25.4 Å². The lowest BCUT2D eigenvalue weighted by molar-refractivity contribution is -0.144. The minimum atomic E-state index is -0.225. The Hall–Kier alpha value is -0.260. The van der Waals surface area contributed by atoms with Crippen LogP contribution in [0.5, 0.6) is 0 Å². The molecule has 5 heteroatoms. The van der Waals surface area contributed by atoms with E-state index >= 15 is 0 Å². The summed E-state index contributed by atoms with van der Waals surface area (Å²) in [5.41, 5.74) is 0. The SMILES string of the molecule is CC1CN(C(=O)CSC(C)C)CC(CO)O1. The van der Waals surface area contributed by atoms with Gasteiger partial charge in [-0.2, -0.15) is 0 Å². The van der Waals surface area contributed by atoms with Crippen molar-refractivity contribution in [2.45, 2.75) is 38.2 Å². The lowest BCUT2D eigenvalue weighted by Gasteiger charge is -2.36. The highest BCUT2D eigenvalue weighted by Gasteiger charge is 2.27. The van der Waals surface area contributed by atoms with Gasteiger partial charge in [0.2, 0.25) is 5.91 Å². The molecule has 1 N–H and O–H groups in total. The number of thioether (sulfide) groups is 1. The van der Waals surface area contributed by atoms with Gasteiger partial charge in [0.05, 0.1) is 24.6 Å². The van der Waals surface area contributed by atoms with Crippen LogP contribution in [-0.4, -0.2) is 58.8 Å². The monoisotopic (exact) mass is 247 g/mol. The summed E-state index contributed by atoms with van der Waals surface area (Å²) in [6.07, 6.45) is -0.212. The third-order valence-corrected chi connectivity index (χ3v) is 3.50. The molecular weight excluding hydrogens is 226 g/mol. The van der Waals surface area contributed by atoms with E-state index < -0.39 is 0 Å². The molecule has 1 aliphatic rings. The van der Waals surface area contributed by atoms with E-state index in [0.29, 0.717) is 24.1 Å². The fourth-order valence-corrected chi connectivity index (χ4v) is 2.34. The summed E-state index contributed by atoms with van der Waals surface area (Å²) in [4.78, 5) is 13.7. The summed E-state index contributed by atoms with van der Waals surface area (Å²) in [5, 5.41) is 9.53. The van der Waals surface area contributed by atoms with Gasteiger partial charge in [-0.3, -0.25) is 4.79 Å². The minimum absolute atomic E-state index is 0.0129. The van der Waals surface area contributed by atoms with Crippen LogP contribution in [0.4, 0.5) is 0 Å². The molecule has 2 unspecified atom stereocenters. The average Bonchev–Trinajstić information content (AvgIpc) is 2.24. The predicted molar refractivity (Wildman–Crippen MR) is 65.6 cm³/mol. The molecule has 4 nitrogen and oxygen atoms in total.